The number of nitrogens with two attached hydrogens (primary N) is 1. The minimum Gasteiger partial charge on any atom is -0.366 e. The second-order valence-corrected chi connectivity index (χ2v) is 4.76. The normalized spacial score (nSPS) is 10.1. The molecular weight excluding hydrogens is 328 g/mol. The van der Waals surface area contributed by atoms with E-state index >= 15 is 0 Å². The van der Waals surface area contributed by atoms with Crippen molar-refractivity contribution in [1.29, 1.82) is 0 Å². The summed E-state index contributed by atoms with van der Waals surface area (Å²) >= 11 is 3.12. The second kappa shape index (κ2) is 5.66. The summed E-state index contributed by atoms with van der Waals surface area (Å²) in [4.78, 5) is 25.5. The highest BCUT2D eigenvalue weighted by atomic mass is 79.9. The summed E-state index contributed by atoms with van der Waals surface area (Å²) in [6.07, 6.45) is 1.44. The summed E-state index contributed by atoms with van der Waals surface area (Å²) in [5.74, 6) is -0.494. The fourth-order valence-corrected chi connectivity index (χ4v) is 1.87. The molecule has 2 rings (SSSR count). The highest BCUT2D eigenvalue weighted by Gasteiger charge is 2.16. The van der Waals surface area contributed by atoms with Gasteiger partial charge in [0.15, 0.2) is 0 Å². The van der Waals surface area contributed by atoms with Crippen LogP contribution in [0.4, 0.5) is 17.2 Å². The lowest BCUT2D eigenvalue weighted by molar-refractivity contribution is -0.384. The van der Waals surface area contributed by atoms with Crippen LogP contribution in [0.3, 0.4) is 0 Å². The molecular formula is C12H9BrN4O3. The molecule has 2 aromatic rings. The number of hydrogen-bond acceptors (Lipinski definition) is 5. The number of primary amides is 1. The molecule has 1 aromatic carbocycles. The third-order valence-corrected chi connectivity index (χ3v) is 2.87. The summed E-state index contributed by atoms with van der Waals surface area (Å²) in [6, 6.07) is 7.66. The van der Waals surface area contributed by atoms with Gasteiger partial charge in [0.05, 0.1) is 4.92 Å². The first-order valence-corrected chi connectivity index (χ1v) is 6.23. The Bertz CT molecular complexity index is 690. The highest BCUT2D eigenvalue weighted by molar-refractivity contribution is 9.10. The number of aromatic nitrogens is 1. The van der Waals surface area contributed by atoms with Crippen molar-refractivity contribution < 1.29 is 9.72 Å². The topological polar surface area (TPSA) is 111 Å². The number of benzene rings is 1. The molecule has 0 unspecified atom stereocenters. The molecule has 1 heterocycles. The molecule has 0 aliphatic rings. The fourth-order valence-electron chi connectivity index (χ4n) is 1.55. The van der Waals surface area contributed by atoms with Crippen LogP contribution in [0.25, 0.3) is 0 Å². The molecule has 0 radical (unpaired) electrons. The Balaban J connectivity index is 2.37. The van der Waals surface area contributed by atoms with Gasteiger partial charge in [-0.3, -0.25) is 14.9 Å². The molecule has 0 atom stereocenters. The molecule has 0 aliphatic heterocycles. The average molecular weight is 337 g/mol. The molecule has 0 saturated carbocycles. The summed E-state index contributed by atoms with van der Waals surface area (Å²) in [6.45, 7) is 0. The Labute approximate surface area is 122 Å². The van der Waals surface area contributed by atoms with Crippen LogP contribution >= 0.6 is 15.9 Å². The number of amides is 1. The maximum Gasteiger partial charge on any atom is 0.312 e. The molecule has 0 saturated heterocycles. The molecule has 0 aliphatic carbocycles. The largest absolute Gasteiger partial charge is 0.366 e. The van der Waals surface area contributed by atoms with E-state index in [2.05, 4.69) is 26.2 Å². The maximum atomic E-state index is 11.1. The molecule has 7 nitrogen and oxygen atoms in total. The van der Waals surface area contributed by atoms with E-state index in [0.717, 1.165) is 0 Å². The molecule has 0 fully saturated rings. The standard InChI is InChI=1S/C12H9BrN4O3/c13-8-5-10(17(19)20)12(15-6-8)16-9-3-1-2-7(4-9)11(14)18/h1-6H,(H2,14,18)(H,15,16). The van der Waals surface area contributed by atoms with E-state index in [0.29, 0.717) is 15.7 Å². The van der Waals surface area contributed by atoms with Gasteiger partial charge in [-0.1, -0.05) is 6.07 Å². The third-order valence-electron chi connectivity index (χ3n) is 2.44. The summed E-state index contributed by atoms with van der Waals surface area (Å²) in [5, 5.41) is 13.8. The molecule has 8 heteroatoms. The Morgan fingerprint density at radius 3 is 2.80 bits per heavy atom. The molecule has 3 N–H and O–H groups in total. The van der Waals surface area contributed by atoms with Crippen LogP contribution in [0.5, 0.6) is 0 Å². The number of nitrogens with one attached hydrogen (secondary N) is 1. The first kappa shape index (κ1) is 13.9. The predicted molar refractivity (Wildman–Crippen MR) is 76.8 cm³/mol. The van der Waals surface area contributed by atoms with Crippen LogP contribution in [-0.2, 0) is 0 Å². The van der Waals surface area contributed by atoms with E-state index in [-0.39, 0.29) is 11.5 Å². The van der Waals surface area contributed by atoms with Gasteiger partial charge in [-0.05, 0) is 34.1 Å². The number of nitro groups is 1. The van der Waals surface area contributed by atoms with E-state index in [1.807, 2.05) is 0 Å². The first-order valence-electron chi connectivity index (χ1n) is 5.44. The molecule has 1 aromatic heterocycles. The van der Waals surface area contributed by atoms with Gasteiger partial charge in [0.1, 0.15) is 0 Å². The Morgan fingerprint density at radius 1 is 1.40 bits per heavy atom. The number of carbonyl (C=O) groups excluding carboxylic acids is 1. The van der Waals surface area contributed by atoms with Crippen LogP contribution in [0.2, 0.25) is 0 Å². The van der Waals surface area contributed by atoms with Gasteiger partial charge in [-0.25, -0.2) is 4.98 Å². The van der Waals surface area contributed by atoms with Gasteiger partial charge in [-0.2, -0.15) is 0 Å². The van der Waals surface area contributed by atoms with E-state index in [1.54, 1.807) is 18.2 Å². The van der Waals surface area contributed by atoms with E-state index in [9.17, 15) is 14.9 Å². The summed E-state index contributed by atoms with van der Waals surface area (Å²) in [7, 11) is 0. The van der Waals surface area contributed by atoms with Gasteiger partial charge in [-0.15, -0.1) is 0 Å². The van der Waals surface area contributed by atoms with E-state index < -0.39 is 10.8 Å². The van der Waals surface area contributed by atoms with Crippen molar-refractivity contribution >= 4 is 39.0 Å². The SMILES string of the molecule is NC(=O)c1cccc(Nc2ncc(Br)cc2[N+](=O)[O-])c1. The quantitative estimate of drug-likeness (QED) is 0.658. The lowest BCUT2D eigenvalue weighted by Crippen LogP contribution is -2.11. The van der Waals surface area contributed by atoms with E-state index in [1.165, 1.54) is 18.3 Å². The first-order chi connectivity index (χ1) is 9.47. The van der Waals surface area contributed by atoms with Crippen LogP contribution in [0, 0.1) is 10.1 Å². The predicted octanol–water partition coefficient (Wildman–Crippen LogP) is 2.59. The van der Waals surface area contributed by atoms with Crippen LogP contribution in [0.1, 0.15) is 10.4 Å². The van der Waals surface area contributed by atoms with Gasteiger partial charge >= 0.3 is 5.69 Å². The fraction of sp³-hybridized carbons (Fsp3) is 0. The molecule has 0 spiro atoms. The third kappa shape index (κ3) is 3.09. The number of nitrogens with zero attached hydrogens (tertiary/aromatic N) is 2. The van der Waals surface area contributed by atoms with Crippen LogP contribution < -0.4 is 11.1 Å². The lowest BCUT2D eigenvalue weighted by Gasteiger charge is -2.07. The number of pyridine rings is 1. The summed E-state index contributed by atoms with van der Waals surface area (Å²) in [5.41, 5.74) is 5.79. The van der Waals surface area contributed by atoms with Crippen LogP contribution in [-0.4, -0.2) is 15.8 Å². The average Bonchev–Trinajstić information content (AvgIpc) is 2.41. The van der Waals surface area contributed by atoms with Crippen LogP contribution in [0.15, 0.2) is 41.0 Å². The molecule has 0 bridgehead atoms. The van der Waals surface area contributed by atoms with Crippen molar-refractivity contribution in [3.05, 3.63) is 56.7 Å². The van der Waals surface area contributed by atoms with Gasteiger partial charge in [0, 0.05) is 28.0 Å². The summed E-state index contributed by atoms with van der Waals surface area (Å²) < 4.78 is 0.501. The Morgan fingerprint density at radius 2 is 2.15 bits per heavy atom. The van der Waals surface area contributed by atoms with Gasteiger partial charge < -0.3 is 11.1 Å². The Kier molecular flexibility index (Phi) is 3.94. The highest BCUT2D eigenvalue weighted by Crippen LogP contribution is 2.28. The second-order valence-electron chi connectivity index (χ2n) is 3.85. The van der Waals surface area contributed by atoms with Crippen molar-refractivity contribution in [3.63, 3.8) is 0 Å². The number of halogens is 1. The monoisotopic (exact) mass is 336 g/mol. The Hall–Kier alpha value is -2.48. The molecule has 1 amide bonds. The number of anilines is 2. The van der Waals surface area contributed by atoms with Crippen molar-refractivity contribution in [3.8, 4) is 0 Å². The van der Waals surface area contributed by atoms with Crippen molar-refractivity contribution in [2.45, 2.75) is 0 Å². The molecule has 102 valence electrons. The minimum atomic E-state index is -0.577. The smallest absolute Gasteiger partial charge is 0.312 e. The number of carbonyl (C=O) groups is 1. The minimum absolute atomic E-state index is 0.0832. The zero-order valence-electron chi connectivity index (χ0n) is 10.0. The van der Waals surface area contributed by atoms with Gasteiger partial charge in [0.2, 0.25) is 11.7 Å². The lowest BCUT2D eigenvalue weighted by atomic mass is 10.2. The number of hydrogen-bond donors (Lipinski definition) is 2. The zero-order chi connectivity index (χ0) is 14.7. The van der Waals surface area contributed by atoms with Crippen molar-refractivity contribution in [1.82, 2.24) is 4.98 Å². The number of rotatable bonds is 4. The van der Waals surface area contributed by atoms with Crippen molar-refractivity contribution in [2.24, 2.45) is 5.73 Å². The van der Waals surface area contributed by atoms with Crippen molar-refractivity contribution in [2.75, 3.05) is 5.32 Å². The van der Waals surface area contributed by atoms with E-state index in [4.69, 9.17) is 5.73 Å². The molecule has 20 heavy (non-hydrogen) atoms. The zero-order valence-corrected chi connectivity index (χ0v) is 11.6. The maximum absolute atomic E-state index is 11.1. The van der Waals surface area contributed by atoms with Gasteiger partial charge in [0.25, 0.3) is 0 Å².